The van der Waals surface area contributed by atoms with Crippen LogP contribution in [0.3, 0.4) is 0 Å². The van der Waals surface area contributed by atoms with Gasteiger partial charge in [-0.15, -0.1) is 0 Å². The van der Waals surface area contributed by atoms with E-state index >= 15 is 0 Å². The average Bonchev–Trinajstić information content (AvgIpc) is 2.18. The maximum atomic E-state index is 4.36. The third-order valence-corrected chi connectivity index (χ3v) is 3.10. The van der Waals surface area contributed by atoms with Gasteiger partial charge in [-0.2, -0.15) is 0 Å². The van der Waals surface area contributed by atoms with Crippen molar-refractivity contribution in [2.45, 2.75) is 19.3 Å². The number of anilines is 1. The second-order valence-electron chi connectivity index (χ2n) is 3.36. The topological polar surface area (TPSA) is 29.0 Å². The summed E-state index contributed by atoms with van der Waals surface area (Å²) in [5.41, 5.74) is 0. The van der Waals surface area contributed by atoms with Crippen molar-refractivity contribution in [2.24, 2.45) is 0 Å². The van der Waals surface area contributed by atoms with Gasteiger partial charge < -0.3 is 4.90 Å². The van der Waals surface area contributed by atoms with Gasteiger partial charge in [-0.3, -0.25) is 0 Å². The SMILES string of the molecule is Brc1cc(Br)nc(N2CCCCC2)n1. The summed E-state index contributed by atoms with van der Waals surface area (Å²) in [6, 6.07) is 1.85. The van der Waals surface area contributed by atoms with Gasteiger partial charge in [-0.05, 0) is 51.1 Å². The van der Waals surface area contributed by atoms with E-state index in [-0.39, 0.29) is 0 Å². The monoisotopic (exact) mass is 319 g/mol. The Hall–Kier alpha value is -0.160. The molecule has 0 unspecified atom stereocenters. The molecular formula is C9H11Br2N3. The zero-order chi connectivity index (χ0) is 9.97. The van der Waals surface area contributed by atoms with Crippen LogP contribution in [0.2, 0.25) is 0 Å². The van der Waals surface area contributed by atoms with Crippen molar-refractivity contribution in [3.05, 3.63) is 15.3 Å². The maximum absolute atomic E-state index is 4.36. The van der Waals surface area contributed by atoms with Gasteiger partial charge in [-0.25, -0.2) is 9.97 Å². The van der Waals surface area contributed by atoms with E-state index in [1.807, 2.05) is 6.07 Å². The van der Waals surface area contributed by atoms with Gasteiger partial charge in [0.25, 0.3) is 0 Å². The molecule has 0 atom stereocenters. The van der Waals surface area contributed by atoms with Crippen molar-refractivity contribution < 1.29 is 0 Å². The smallest absolute Gasteiger partial charge is 0.227 e. The molecule has 1 aromatic heterocycles. The molecule has 1 aliphatic heterocycles. The Labute approximate surface area is 100 Å². The Morgan fingerprint density at radius 3 is 2.14 bits per heavy atom. The molecule has 0 saturated carbocycles. The molecule has 1 saturated heterocycles. The van der Waals surface area contributed by atoms with E-state index in [9.17, 15) is 0 Å². The van der Waals surface area contributed by atoms with E-state index in [0.29, 0.717) is 0 Å². The summed E-state index contributed by atoms with van der Waals surface area (Å²) < 4.78 is 1.67. The van der Waals surface area contributed by atoms with Crippen molar-refractivity contribution in [1.29, 1.82) is 0 Å². The van der Waals surface area contributed by atoms with E-state index in [0.717, 1.165) is 28.2 Å². The highest BCUT2D eigenvalue weighted by molar-refractivity contribution is 9.11. The predicted octanol–water partition coefficient (Wildman–Crippen LogP) is 2.99. The first-order valence-electron chi connectivity index (χ1n) is 4.71. The molecule has 1 aliphatic rings. The Balaban J connectivity index is 2.21. The summed E-state index contributed by atoms with van der Waals surface area (Å²) in [7, 11) is 0. The summed E-state index contributed by atoms with van der Waals surface area (Å²) in [6.07, 6.45) is 3.81. The Morgan fingerprint density at radius 2 is 1.57 bits per heavy atom. The number of nitrogens with zero attached hydrogens (tertiary/aromatic N) is 3. The van der Waals surface area contributed by atoms with E-state index in [2.05, 4.69) is 46.7 Å². The van der Waals surface area contributed by atoms with Crippen LogP contribution in [0.1, 0.15) is 19.3 Å². The van der Waals surface area contributed by atoms with Crippen LogP contribution in [0.4, 0.5) is 5.95 Å². The fourth-order valence-corrected chi connectivity index (χ4v) is 2.67. The molecule has 3 nitrogen and oxygen atoms in total. The molecule has 76 valence electrons. The van der Waals surface area contributed by atoms with E-state index < -0.39 is 0 Å². The quantitative estimate of drug-likeness (QED) is 0.745. The van der Waals surface area contributed by atoms with Crippen molar-refractivity contribution in [3.63, 3.8) is 0 Å². The van der Waals surface area contributed by atoms with Gasteiger partial charge >= 0.3 is 0 Å². The van der Waals surface area contributed by atoms with Crippen LogP contribution in [0.25, 0.3) is 0 Å². The molecule has 1 fully saturated rings. The van der Waals surface area contributed by atoms with E-state index in [4.69, 9.17) is 0 Å². The molecule has 14 heavy (non-hydrogen) atoms. The minimum atomic E-state index is 0.825. The molecule has 0 radical (unpaired) electrons. The van der Waals surface area contributed by atoms with Gasteiger partial charge in [0.15, 0.2) is 0 Å². The maximum Gasteiger partial charge on any atom is 0.227 e. The van der Waals surface area contributed by atoms with Crippen molar-refractivity contribution in [2.75, 3.05) is 18.0 Å². The van der Waals surface area contributed by atoms with E-state index in [1.54, 1.807) is 0 Å². The van der Waals surface area contributed by atoms with Crippen LogP contribution in [0.15, 0.2) is 15.3 Å². The largest absolute Gasteiger partial charge is 0.341 e. The standard InChI is InChI=1S/C9H11Br2N3/c10-7-6-8(11)13-9(12-7)14-4-2-1-3-5-14/h6H,1-5H2. The van der Waals surface area contributed by atoms with Crippen molar-refractivity contribution in [1.82, 2.24) is 9.97 Å². The summed E-state index contributed by atoms with van der Waals surface area (Å²) >= 11 is 6.74. The number of piperidine rings is 1. The third kappa shape index (κ3) is 2.45. The zero-order valence-electron chi connectivity index (χ0n) is 7.71. The summed E-state index contributed by atoms with van der Waals surface area (Å²) in [6.45, 7) is 2.14. The van der Waals surface area contributed by atoms with Gasteiger partial charge in [0.05, 0.1) is 0 Å². The van der Waals surface area contributed by atoms with Crippen LogP contribution in [0, 0.1) is 0 Å². The summed E-state index contributed by atoms with van der Waals surface area (Å²) in [5.74, 6) is 0.825. The lowest BCUT2D eigenvalue weighted by atomic mass is 10.1. The summed E-state index contributed by atoms with van der Waals surface area (Å²) in [4.78, 5) is 11.0. The van der Waals surface area contributed by atoms with Crippen LogP contribution in [-0.2, 0) is 0 Å². The molecule has 0 N–H and O–H groups in total. The van der Waals surface area contributed by atoms with Crippen LogP contribution in [0.5, 0.6) is 0 Å². The molecule has 0 amide bonds. The molecule has 0 bridgehead atoms. The number of rotatable bonds is 1. The third-order valence-electron chi connectivity index (χ3n) is 2.29. The van der Waals surface area contributed by atoms with Crippen LogP contribution < -0.4 is 4.90 Å². The Bertz CT molecular complexity index is 304. The van der Waals surface area contributed by atoms with Gasteiger partial charge in [-0.1, -0.05) is 0 Å². The number of hydrogen-bond donors (Lipinski definition) is 0. The van der Waals surface area contributed by atoms with Crippen LogP contribution in [-0.4, -0.2) is 23.1 Å². The fourth-order valence-electron chi connectivity index (χ4n) is 1.61. The Kier molecular flexibility index (Phi) is 3.38. The molecule has 5 heteroatoms. The van der Waals surface area contributed by atoms with Crippen LogP contribution >= 0.6 is 31.9 Å². The lowest BCUT2D eigenvalue weighted by Gasteiger charge is -2.26. The van der Waals surface area contributed by atoms with Crippen molar-refractivity contribution in [3.8, 4) is 0 Å². The first-order chi connectivity index (χ1) is 6.75. The first-order valence-corrected chi connectivity index (χ1v) is 6.29. The van der Waals surface area contributed by atoms with Gasteiger partial charge in [0.1, 0.15) is 9.21 Å². The first kappa shape index (κ1) is 10.4. The molecule has 2 heterocycles. The lowest BCUT2D eigenvalue weighted by molar-refractivity contribution is 0.567. The lowest BCUT2D eigenvalue weighted by Crippen LogP contribution is -2.31. The highest BCUT2D eigenvalue weighted by Crippen LogP contribution is 2.20. The highest BCUT2D eigenvalue weighted by atomic mass is 79.9. The molecule has 0 aliphatic carbocycles. The number of aromatic nitrogens is 2. The molecule has 0 aromatic carbocycles. The number of hydrogen-bond acceptors (Lipinski definition) is 3. The molecule has 1 aromatic rings. The molecule has 0 spiro atoms. The minimum absolute atomic E-state index is 0.825. The molecular weight excluding hydrogens is 310 g/mol. The highest BCUT2D eigenvalue weighted by Gasteiger charge is 2.14. The summed E-state index contributed by atoms with van der Waals surface area (Å²) in [5, 5.41) is 0. The number of halogens is 2. The van der Waals surface area contributed by atoms with E-state index in [1.165, 1.54) is 19.3 Å². The van der Waals surface area contributed by atoms with Crippen molar-refractivity contribution >= 4 is 37.8 Å². The second-order valence-corrected chi connectivity index (χ2v) is 4.99. The molecule has 2 rings (SSSR count). The van der Waals surface area contributed by atoms with Gasteiger partial charge in [0, 0.05) is 19.2 Å². The van der Waals surface area contributed by atoms with Gasteiger partial charge in [0.2, 0.25) is 5.95 Å². The average molecular weight is 321 g/mol. The predicted molar refractivity (Wildman–Crippen MR) is 63.5 cm³/mol. The Morgan fingerprint density at radius 1 is 1.00 bits per heavy atom. The zero-order valence-corrected chi connectivity index (χ0v) is 10.9. The fraction of sp³-hybridized carbons (Fsp3) is 0.556. The second kappa shape index (κ2) is 4.57. The normalized spacial score (nSPS) is 17.1. The minimum Gasteiger partial charge on any atom is -0.341 e.